The van der Waals surface area contributed by atoms with Gasteiger partial charge in [0.2, 0.25) is 12.3 Å². The number of rotatable bonds is 7. The van der Waals surface area contributed by atoms with Crippen molar-refractivity contribution in [3.05, 3.63) is 181 Å². The molecule has 0 atom stereocenters. The van der Waals surface area contributed by atoms with Gasteiger partial charge in [0.05, 0.1) is 0 Å². The van der Waals surface area contributed by atoms with Crippen LogP contribution >= 0.6 is 15.9 Å². The largest absolute Gasteiger partial charge is 0.287 e. The Labute approximate surface area is 334 Å². The number of halogens is 21. The van der Waals surface area contributed by atoms with Crippen molar-refractivity contribution in [1.29, 1.82) is 0 Å². The molecule has 0 saturated carbocycles. The highest BCUT2D eigenvalue weighted by Crippen LogP contribution is 2.30. The Morgan fingerprint density at radius 3 is 0.852 bits per heavy atom. The Morgan fingerprint density at radius 2 is 0.607 bits per heavy atom. The Hall–Kier alpha value is -5.94. The van der Waals surface area contributed by atoms with Crippen LogP contribution in [0.25, 0.3) is 0 Å². The standard InChI is InChI=1S/C24BF20.C13H11BrNO/c26-5-1(6(27)14(35)21(42)13(5)34)25(2-7(28)15(36)22(43)16(37)8(2)29,3-9(30)17(38)23(44)18(39)10(3)31)4-11(32)19(40)24(45)20(41)12(4)33;14-12-6-8-15(9-7-12)10-13(16)11-4-2-1-3-5-11/h;1-9H,10H2/q-1;+1. The molecule has 0 aliphatic carbocycles. The lowest BCUT2D eigenvalue weighted by atomic mass is 9.12. The van der Waals surface area contributed by atoms with E-state index < -0.39 is 144 Å². The van der Waals surface area contributed by atoms with Gasteiger partial charge in [-0.25, -0.2) is 87.8 Å². The van der Waals surface area contributed by atoms with Crippen LogP contribution in [0.15, 0.2) is 59.3 Å². The van der Waals surface area contributed by atoms with E-state index in [0.717, 1.165) is 10.0 Å². The van der Waals surface area contributed by atoms with Gasteiger partial charge in [-0.15, -0.1) is 21.9 Å². The summed E-state index contributed by atoms with van der Waals surface area (Å²) in [5.41, 5.74) is -13.6. The van der Waals surface area contributed by atoms with Crippen molar-refractivity contribution in [1.82, 2.24) is 0 Å². The van der Waals surface area contributed by atoms with Gasteiger partial charge < -0.3 is 0 Å². The lowest BCUT2D eigenvalue weighted by molar-refractivity contribution is -0.683. The lowest BCUT2D eigenvalue weighted by Gasteiger charge is -2.44. The fourth-order valence-corrected chi connectivity index (χ4v) is 6.54. The molecule has 1 aromatic heterocycles. The monoisotopic (exact) mass is 955 g/mol. The predicted octanol–water partition coefficient (Wildman–Crippen LogP) is 8.47. The second-order valence-corrected chi connectivity index (χ2v) is 13.2. The Morgan fingerprint density at radius 1 is 0.377 bits per heavy atom. The molecule has 5 aromatic carbocycles. The number of pyridine rings is 1. The van der Waals surface area contributed by atoms with E-state index in [4.69, 9.17) is 0 Å². The van der Waals surface area contributed by atoms with Gasteiger partial charge in [-0.1, -0.05) is 46.3 Å². The molecule has 0 aliphatic rings. The molecule has 0 unspecified atom stereocenters. The first-order chi connectivity index (χ1) is 28.5. The zero-order chi connectivity index (χ0) is 45.7. The fraction of sp³-hybridized carbons (Fsp3) is 0.0270. The van der Waals surface area contributed by atoms with Crippen LogP contribution in [0.1, 0.15) is 10.4 Å². The summed E-state index contributed by atoms with van der Waals surface area (Å²) in [5, 5.41) is 0. The van der Waals surface area contributed by atoms with Crippen molar-refractivity contribution < 1.29 is 97.2 Å². The maximum absolute atomic E-state index is 15.4. The first kappa shape index (κ1) is 46.1. The van der Waals surface area contributed by atoms with Gasteiger partial charge in [-0.3, -0.25) is 4.79 Å². The second kappa shape index (κ2) is 17.2. The van der Waals surface area contributed by atoms with Crippen LogP contribution in [0.2, 0.25) is 0 Å². The van der Waals surface area contributed by atoms with Crippen molar-refractivity contribution in [3.8, 4) is 0 Å². The summed E-state index contributed by atoms with van der Waals surface area (Å²) in [4.78, 5) is 11.9. The quantitative estimate of drug-likeness (QED) is 0.0394. The molecule has 6 aromatic rings. The van der Waals surface area contributed by atoms with Crippen molar-refractivity contribution in [2.24, 2.45) is 0 Å². The molecule has 0 radical (unpaired) electrons. The molecule has 61 heavy (non-hydrogen) atoms. The molecule has 0 spiro atoms. The third-order valence-corrected chi connectivity index (χ3v) is 9.51. The molecule has 320 valence electrons. The minimum atomic E-state index is -7.22. The molecule has 24 heteroatoms. The maximum atomic E-state index is 15.4. The average molecular weight is 956 g/mol. The number of carbonyl (C=O) groups is 1. The number of nitrogens with zero attached hydrogens (tertiary/aromatic N) is 1. The van der Waals surface area contributed by atoms with E-state index in [-0.39, 0.29) is 5.78 Å². The minimum absolute atomic E-state index is 0.118. The Balaban J connectivity index is 0.000000366. The average Bonchev–Trinajstić information content (AvgIpc) is 3.24. The zero-order valence-electron chi connectivity index (χ0n) is 28.8. The number of aromatic nitrogens is 1. The first-order valence-corrected chi connectivity index (χ1v) is 16.7. The number of carbonyl (C=O) groups excluding carboxylic acids is 1. The molecule has 2 nitrogen and oxygen atoms in total. The smallest absolute Gasteiger partial charge is 0.227 e. The number of benzene rings is 5. The summed E-state index contributed by atoms with van der Waals surface area (Å²) in [7, 11) is 0. The van der Waals surface area contributed by atoms with Crippen LogP contribution in [0, 0.1) is 116 Å². The van der Waals surface area contributed by atoms with Crippen molar-refractivity contribution in [2.45, 2.75) is 6.54 Å². The van der Waals surface area contributed by atoms with Gasteiger partial charge in [-0.2, -0.15) is 4.57 Å². The third-order valence-electron chi connectivity index (χ3n) is 8.98. The molecule has 0 aliphatic heterocycles. The molecule has 6 rings (SSSR count). The molecule has 0 amide bonds. The number of hydrogen-bond acceptors (Lipinski definition) is 1. The number of Topliss-reactive ketones (excluding diaryl/α,β-unsaturated/α-hetero) is 1. The summed E-state index contributed by atoms with van der Waals surface area (Å²) in [6.07, 6.45) is -3.46. The van der Waals surface area contributed by atoms with E-state index in [0.29, 0.717) is 6.54 Å². The van der Waals surface area contributed by atoms with Gasteiger partial charge in [0.1, 0.15) is 52.7 Å². The van der Waals surface area contributed by atoms with Crippen LogP contribution in [0.4, 0.5) is 87.8 Å². The topological polar surface area (TPSA) is 20.9 Å². The zero-order valence-corrected chi connectivity index (χ0v) is 30.4. The van der Waals surface area contributed by atoms with E-state index in [2.05, 4.69) is 15.9 Å². The lowest BCUT2D eigenvalue weighted by Crippen LogP contribution is -2.81. The van der Waals surface area contributed by atoms with Crippen LogP contribution < -0.4 is 26.4 Å². The molecule has 0 bridgehead atoms. The summed E-state index contributed by atoms with van der Waals surface area (Å²) in [6, 6.07) is 13.2. The van der Waals surface area contributed by atoms with E-state index in [9.17, 15) is 57.5 Å². The van der Waals surface area contributed by atoms with Crippen LogP contribution in [0.3, 0.4) is 0 Å². The van der Waals surface area contributed by atoms with Crippen molar-refractivity contribution in [2.75, 3.05) is 0 Å². The normalized spacial score (nSPS) is 11.5. The molecular weight excluding hydrogens is 945 g/mol. The molecule has 1 heterocycles. The highest BCUT2D eigenvalue weighted by Gasteiger charge is 2.52. The van der Waals surface area contributed by atoms with Crippen LogP contribution in [0.5, 0.6) is 0 Å². The van der Waals surface area contributed by atoms with Gasteiger partial charge >= 0.3 is 0 Å². The van der Waals surface area contributed by atoms with Crippen LogP contribution in [-0.2, 0) is 6.54 Å². The molecule has 0 saturated heterocycles. The summed E-state index contributed by atoms with van der Waals surface area (Å²) < 4.78 is 297. The van der Waals surface area contributed by atoms with Gasteiger partial charge in [0.25, 0.3) is 0 Å². The van der Waals surface area contributed by atoms with Gasteiger partial charge in [-0.05, 0) is 0 Å². The highest BCUT2D eigenvalue weighted by atomic mass is 79.9. The van der Waals surface area contributed by atoms with Gasteiger partial charge in [0, 0.05) is 22.2 Å². The Kier molecular flexibility index (Phi) is 13.0. The highest BCUT2D eigenvalue weighted by molar-refractivity contribution is 9.10. The number of hydrogen-bond donors (Lipinski definition) is 0. The summed E-state index contributed by atoms with van der Waals surface area (Å²) in [6.45, 7) is 0.372. The predicted molar refractivity (Wildman–Crippen MR) is 174 cm³/mol. The summed E-state index contributed by atoms with van der Waals surface area (Å²) >= 11 is 3.36. The maximum Gasteiger partial charge on any atom is 0.227 e. The SMILES string of the molecule is Fc1c(F)c(F)c([B-](c2c(F)c(F)c(F)c(F)c2F)(c2c(F)c(F)c(F)c(F)c2F)c2c(F)c(F)c(F)c(F)c2F)c(F)c1F.O=C(C[n+]1ccc(Br)cc1)c1ccccc1. The van der Waals surface area contributed by atoms with Gasteiger partial charge in [0.15, 0.2) is 82.2 Å². The third kappa shape index (κ3) is 7.47. The molecule has 0 N–H and O–H groups in total. The molecular formula is C37H11BBrF20NO. The minimum Gasteiger partial charge on any atom is -0.287 e. The molecule has 0 fully saturated rings. The van der Waals surface area contributed by atoms with E-state index >= 15 is 35.1 Å². The fourth-order valence-electron chi connectivity index (χ4n) is 6.30. The van der Waals surface area contributed by atoms with Crippen molar-refractivity contribution >= 4 is 49.7 Å². The summed E-state index contributed by atoms with van der Waals surface area (Å²) in [5.74, 6) is -71.3. The van der Waals surface area contributed by atoms with Crippen molar-refractivity contribution in [3.63, 3.8) is 0 Å². The second-order valence-electron chi connectivity index (χ2n) is 12.3. The first-order valence-electron chi connectivity index (χ1n) is 15.9. The van der Waals surface area contributed by atoms with Crippen LogP contribution in [-0.4, -0.2) is 11.9 Å². The van der Waals surface area contributed by atoms with E-state index in [1.807, 2.05) is 59.4 Å². The van der Waals surface area contributed by atoms with E-state index in [1.54, 1.807) is 0 Å². The van der Waals surface area contributed by atoms with E-state index in [1.165, 1.54) is 0 Å². The number of ketones is 1. The Bertz CT molecular complexity index is 2370.